The Kier molecular flexibility index (Phi) is 8.45. The van der Waals surface area contributed by atoms with Gasteiger partial charge in [-0.25, -0.2) is 0 Å². The van der Waals surface area contributed by atoms with E-state index < -0.39 is 0 Å². The van der Waals surface area contributed by atoms with Gasteiger partial charge in [0, 0.05) is 11.4 Å². The van der Waals surface area contributed by atoms with Crippen molar-refractivity contribution in [1.82, 2.24) is 0 Å². The van der Waals surface area contributed by atoms with Crippen molar-refractivity contribution in [3.8, 4) is 0 Å². The molecule has 1 aromatic rings. The summed E-state index contributed by atoms with van der Waals surface area (Å²) in [6, 6.07) is 5.95. The molecule has 2 unspecified atom stereocenters. The van der Waals surface area contributed by atoms with Crippen LogP contribution in [0.3, 0.4) is 0 Å². The quantitative estimate of drug-likeness (QED) is 0.318. The van der Waals surface area contributed by atoms with Crippen molar-refractivity contribution in [3.63, 3.8) is 0 Å². The molecule has 4 saturated carbocycles. The lowest BCUT2D eigenvalue weighted by Gasteiger charge is -2.60. The van der Waals surface area contributed by atoms with Gasteiger partial charge in [-0.15, -0.1) is 0 Å². The van der Waals surface area contributed by atoms with Gasteiger partial charge in [0.25, 0.3) is 0 Å². The molecule has 3 nitrogen and oxygen atoms in total. The van der Waals surface area contributed by atoms with Crippen molar-refractivity contribution >= 4 is 11.4 Å². The van der Waals surface area contributed by atoms with Crippen molar-refractivity contribution in [2.45, 2.75) is 124 Å². The Hall–Kier alpha value is -1.22. The lowest BCUT2D eigenvalue weighted by atomic mass is 9.44. The summed E-state index contributed by atoms with van der Waals surface area (Å²) in [6.07, 6.45) is 18.4. The van der Waals surface area contributed by atoms with Gasteiger partial charge < -0.3 is 16.2 Å². The number of anilines is 2. The third-order valence-corrected chi connectivity index (χ3v) is 12.6. The largest absolute Gasteiger partial charge is 0.399 e. The monoisotopic (exact) mass is 522 g/mol. The second-order valence-corrected chi connectivity index (χ2v) is 15.1. The number of rotatable bonds is 9. The van der Waals surface area contributed by atoms with E-state index in [-0.39, 0.29) is 0 Å². The second-order valence-electron chi connectivity index (χ2n) is 15.1. The van der Waals surface area contributed by atoms with E-state index in [1.165, 1.54) is 82.6 Å². The maximum Gasteiger partial charge on any atom is 0.0614 e. The van der Waals surface area contributed by atoms with Crippen LogP contribution in [0.25, 0.3) is 0 Å². The maximum atomic E-state index is 6.94. The predicted molar refractivity (Wildman–Crippen MR) is 162 cm³/mol. The molecule has 0 aromatic heterocycles. The highest BCUT2D eigenvalue weighted by Gasteiger charge is 2.62. The minimum atomic E-state index is 0.393. The molecule has 5 rings (SSSR count). The van der Waals surface area contributed by atoms with Crippen LogP contribution >= 0.6 is 0 Å². The molecule has 0 aliphatic heterocycles. The van der Waals surface area contributed by atoms with E-state index in [2.05, 4.69) is 40.7 Å². The highest BCUT2D eigenvalue weighted by Crippen LogP contribution is 2.68. The first-order chi connectivity index (χ1) is 18.1. The van der Waals surface area contributed by atoms with Gasteiger partial charge in [0.2, 0.25) is 0 Å². The van der Waals surface area contributed by atoms with Gasteiger partial charge in [0.1, 0.15) is 0 Å². The summed E-state index contributed by atoms with van der Waals surface area (Å²) in [4.78, 5) is 0. The van der Waals surface area contributed by atoms with Crippen molar-refractivity contribution in [3.05, 3.63) is 23.8 Å². The van der Waals surface area contributed by atoms with Crippen molar-refractivity contribution < 1.29 is 4.74 Å². The van der Waals surface area contributed by atoms with E-state index in [1.807, 2.05) is 12.1 Å². The number of ether oxygens (including phenoxy) is 1. The van der Waals surface area contributed by atoms with E-state index in [4.69, 9.17) is 16.2 Å². The van der Waals surface area contributed by atoms with Gasteiger partial charge in [0.05, 0.1) is 12.7 Å². The summed E-state index contributed by atoms with van der Waals surface area (Å²) in [7, 11) is 0. The molecule has 3 heteroatoms. The molecular formula is C35H58N2O. The van der Waals surface area contributed by atoms with E-state index >= 15 is 0 Å². The second kappa shape index (κ2) is 11.3. The first-order valence-electron chi connectivity index (χ1n) is 16.4. The average molecular weight is 523 g/mol. The Morgan fingerprint density at radius 2 is 1.74 bits per heavy atom. The van der Waals surface area contributed by atoms with Gasteiger partial charge >= 0.3 is 0 Å². The van der Waals surface area contributed by atoms with Crippen LogP contribution in [0.15, 0.2) is 18.2 Å². The minimum Gasteiger partial charge on any atom is -0.399 e. The molecule has 0 heterocycles. The number of nitrogen functional groups attached to an aromatic ring is 2. The van der Waals surface area contributed by atoms with Crippen LogP contribution in [0.1, 0.15) is 117 Å². The van der Waals surface area contributed by atoms with Gasteiger partial charge in [0.15, 0.2) is 0 Å². The summed E-state index contributed by atoms with van der Waals surface area (Å²) >= 11 is 0. The molecule has 38 heavy (non-hydrogen) atoms. The van der Waals surface area contributed by atoms with E-state index in [0.29, 0.717) is 22.9 Å². The molecule has 4 N–H and O–H groups in total. The molecule has 4 fully saturated rings. The van der Waals surface area contributed by atoms with Gasteiger partial charge in [-0.2, -0.15) is 0 Å². The minimum absolute atomic E-state index is 0.393. The zero-order valence-corrected chi connectivity index (χ0v) is 25.3. The highest BCUT2D eigenvalue weighted by molar-refractivity contribution is 5.56. The van der Waals surface area contributed by atoms with E-state index in [9.17, 15) is 0 Å². The van der Waals surface area contributed by atoms with Crippen LogP contribution in [-0.4, -0.2) is 12.7 Å². The number of fused-ring (bicyclic) bond motifs is 5. The van der Waals surface area contributed by atoms with E-state index in [1.54, 1.807) is 0 Å². The summed E-state index contributed by atoms with van der Waals surface area (Å²) in [5.41, 5.74) is 16.0. The van der Waals surface area contributed by atoms with Crippen molar-refractivity contribution in [2.24, 2.45) is 52.3 Å². The third kappa shape index (κ3) is 5.27. The maximum absolute atomic E-state index is 6.94. The molecule has 4 aliphatic carbocycles. The van der Waals surface area contributed by atoms with Crippen LogP contribution in [-0.2, 0) is 11.2 Å². The van der Waals surface area contributed by atoms with Crippen LogP contribution < -0.4 is 11.5 Å². The topological polar surface area (TPSA) is 61.3 Å². The zero-order valence-electron chi connectivity index (χ0n) is 25.3. The first kappa shape index (κ1) is 28.3. The molecule has 0 radical (unpaired) electrons. The van der Waals surface area contributed by atoms with Crippen LogP contribution in [0.2, 0.25) is 0 Å². The number of nitrogens with two attached hydrogens (primary N) is 2. The third-order valence-electron chi connectivity index (χ3n) is 12.6. The molecule has 0 bridgehead atoms. The summed E-state index contributed by atoms with van der Waals surface area (Å²) in [5.74, 6) is 5.91. The Labute approximate surface area is 234 Å². The molecule has 0 saturated heterocycles. The fraction of sp³-hybridized carbons (Fsp3) is 0.829. The summed E-state index contributed by atoms with van der Waals surface area (Å²) in [6.45, 7) is 13.5. The Balaban J connectivity index is 1.34. The highest BCUT2D eigenvalue weighted by atomic mass is 16.5. The molecule has 4 aliphatic rings. The van der Waals surface area contributed by atoms with Crippen LogP contribution in [0, 0.1) is 52.3 Å². The summed E-state index contributed by atoms with van der Waals surface area (Å²) in [5, 5.41) is 0. The Morgan fingerprint density at radius 3 is 2.50 bits per heavy atom. The zero-order chi connectivity index (χ0) is 27.1. The van der Waals surface area contributed by atoms with Crippen molar-refractivity contribution in [1.29, 1.82) is 0 Å². The Morgan fingerprint density at radius 1 is 0.921 bits per heavy atom. The van der Waals surface area contributed by atoms with Crippen LogP contribution in [0.5, 0.6) is 0 Å². The van der Waals surface area contributed by atoms with E-state index in [0.717, 1.165) is 59.9 Å². The standard InChI is InChI=1S/C35H58N2O/c1-23(2)9-8-10-24(3)33-32(38-20-17-25-12-14-27(36)21-31(25)37)22-30-28-15-13-26-11-6-7-18-34(26,4)29(28)16-19-35(30,33)5/h12,14,21,23-24,26,28-30,32-33H,6-11,13,15-20,22,36-37H2,1-5H3/t24-,26?,28-,29+,30+,32?,33+,34+,35+/m1/s1. The molecule has 1 aromatic carbocycles. The summed E-state index contributed by atoms with van der Waals surface area (Å²) < 4.78 is 6.94. The molecular weight excluding hydrogens is 464 g/mol. The van der Waals surface area contributed by atoms with Gasteiger partial charge in [-0.05, 0) is 121 Å². The molecule has 0 amide bonds. The fourth-order valence-electron chi connectivity index (χ4n) is 10.7. The number of hydrogen-bond donors (Lipinski definition) is 2. The fourth-order valence-corrected chi connectivity index (χ4v) is 10.7. The van der Waals surface area contributed by atoms with Gasteiger partial charge in [-0.3, -0.25) is 0 Å². The smallest absolute Gasteiger partial charge is 0.0614 e. The SMILES string of the molecule is CC(C)CCC[C@@H](C)[C@H]1C(OCCc2ccc(N)cc2N)C[C@H]2[C@@H]3CCC4CCCC[C@]4(C)[C@H]3CC[C@]12C. The lowest BCUT2D eigenvalue weighted by Crippen LogP contribution is -2.53. The predicted octanol–water partition coefficient (Wildman–Crippen LogP) is 8.90. The molecule has 0 spiro atoms. The van der Waals surface area contributed by atoms with Crippen molar-refractivity contribution in [2.75, 3.05) is 18.1 Å². The normalized spacial score (nSPS) is 39.4. The number of benzene rings is 1. The van der Waals surface area contributed by atoms with Crippen LogP contribution in [0.4, 0.5) is 11.4 Å². The molecule has 214 valence electrons. The lowest BCUT2D eigenvalue weighted by molar-refractivity contribution is -0.116. The molecule has 9 atom stereocenters. The number of hydrogen-bond acceptors (Lipinski definition) is 3. The first-order valence-corrected chi connectivity index (χ1v) is 16.4. The average Bonchev–Trinajstić information content (AvgIpc) is 3.17. The Bertz CT molecular complexity index is 944. The van der Waals surface area contributed by atoms with Gasteiger partial charge in [-0.1, -0.05) is 72.8 Å².